The van der Waals surface area contributed by atoms with Gasteiger partial charge in [-0.25, -0.2) is 13.1 Å². The molecule has 1 aliphatic heterocycles. The van der Waals surface area contributed by atoms with E-state index in [2.05, 4.69) is 9.82 Å². The third kappa shape index (κ3) is 3.39. The Kier molecular flexibility index (Phi) is 4.77. The molecule has 0 saturated carbocycles. The number of nitrogens with zero attached hydrogens (tertiary/aromatic N) is 2. The van der Waals surface area contributed by atoms with Gasteiger partial charge in [-0.05, 0) is 31.0 Å². The van der Waals surface area contributed by atoms with Crippen molar-refractivity contribution in [3.8, 4) is 11.5 Å². The Morgan fingerprint density at radius 2 is 2.25 bits per heavy atom. The minimum absolute atomic E-state index is 0.0821. The number of aromatic nitrogens is 2. The highest BCUT2D eigenvalue weighted by atomic mass is 32.2. The number of fused-ring (bicyclic) bond motifs is 1. The summed E-state index contributed by atoms with van der Waals surface area (Å²) in [6.07, 6.45) is 2.25. The number of hydrogen-bond donors (Lipinski definition) is 1. The molecule has 0 unspecified atom stereocenters. The van der Waals surface area contributed by atoms with Gasteiger partial charge in [-0.1, -0.05) is 6.07 Å². The molecule has 0 amide bonds. The number of benzene rings is 1. The van der Waals surface area contributed by atoms with Crippen molar-refractivity contribution in [3.05, 3.63) is 36.0 Å². The van der Waals surface area contributed by atoms with Crippen LogP contribution in [0.4, 0.5) is 0 Å². The summed E-state index contributed by atoms with van der Waals surface area (Å²) in [4.78, 5) is 0. The van der Waals surface area contributed by atoms with E-state index in [4.69, 9.17) is 9.47 Å². The largest absolute Gasteiger partial charge is 0.497 e. The molecule has 1 aliphatic rings. The molecule has 0 fully saturated rings. The summed E-state index contributed by atoms with van der Waals surface area (Å²) in [5.74, 6) is 1.64. The first-order chi connectivity index (χ1) is 11.5. The minimum atomic E-state index is -3.57. The van der Waals surface area contributed by atoms with Crippen LogP contribution < -0.4 is 14.2 Å². The molecule has 1 N–H and O–H groups in total. The molecule has 1 aromatic heterocycles. The van der Waals surface area contributed by atoms with Crippen LogP contribution >= 0.6 is 0 Å². The number of methoxy groups -OCH3 is 1. The lowest BCUT2D eigenvalue weighted by Gasteiger charge is -2.25. The maximum absolute atomic E-state index is 12.4. The van der Waals surface area contributed by atoms with Crippen molar-refractivity contribution in [3.63, 3.8) is 0 Å². The fraction of sp³-hybridized carbons (Fsp3) is 0.438. The second-order valence-electron chi connectivity index (χ2n) is 5.69. The van der Waals surface area contributed by atoms with Crippen molar-refractivity contribution in [2.24, 2.45) is 5.92 Å². The van der Waals surface area contributed by atoms with Crippen molar-refractivity contribution in [1.29, 1.82) is 0 Å². The molecule has 0 saturated heterocycles. The lowest BCUT2D eigenvalue weighted by atomic mass is 9.97. The maximum atomic E-state index is 12.4. The summed E-state index contributed by atoms with van der Waals surface area (Å²) in [5.41, 5.74) is 1.06. The SMILES string of the molecule is CCn1nccc1S(=O)(=O)NC[C@@H]1COc2cc(OC)ccc2C1. The number of rotatable bonds is 6. The van der Waals surface area contributed by atoms with Crippen LogP contribution in [0.1, 0.15) is 12.5 Å². The molecular weight excluding hydrogens is 330 g/mol. The smallest absolute Gasteiger partial charge is 0.257 e. The lowest BCUT2D eigenvalue weighted by molar-refractivity contribution is 0.222. The van der Waals surface area contributed by atoms with E-state index in [1.807, 2.05) is 25.1 Å². The van der Waals surface area contributed by atoms with E-state index in [-0.39, 0.29) is 10.9 Å². The van der Waals surface area contributed by atoms with Crippen LogP contribution in [0.2, 0.25) is 0 Å². The lowest BCUT2D eigenvalue weighted by Crippen LogP contribution is -2.35. The average Bonchev–Trinajstić information content (AvgIpc) is 3.09. The standard InChI is InChI=1S/C16H21N3O4S/c1-3-19-16(6-7-17-19)24(20,21)18-10-12-8-13-4-5-14(22-2)9-15(13)23-11-12/h4-7,9,12,18H,3,8,10-11H2,1-2H3/t12-/m1/s1. The molecule has 1 atom stereocenters. The number of ether oxygens (including phenoxy) is 2. The van der Waals surface area contributed by atoms with Crippen LogP contribution in [0.15, 0.2) is 35.5 Å². The zero-order valence-electron chi connectivity index (χ0n) is 13.7. The highest BCUT2D eigenvalue weighted by Gasteiger charge is 2.24. The molecule has 3 rings (SSSR count). The molecule has 2 aromatic rings. The number of sulfonamides is 1. The molecule has 0 spiro atoms. The molecule has 0 aliphatic carbocycles. The zero-order valence-corrected chi connectivity index (χ0v) is 14.5. The van der Waals surface area contributed by atoms with Crippen molar-refractivity contribution in [2.45, 2.75) is 24.9 Å². The normalized spacial score (nSPS) is 17.2. The van der Waals surface area contributed by atoms with Gasteiger partial charge in [0.2, 0.25) is 0 Å². The number of nitrogens with one attached hydrogen (secondary N) is 1. The Labute approximate surface area is 141 Å². The van der Waals surface area contributed by atoms with E-state index in [9.17, 15) is 8.42 Å². The van der Waals surface area contributed by atoms with Crippen LogP contribution in [0.5, 0.6) is 11.5 Å². The Bertz CT molecular complexity index is 816. The Morgan fingerprint density at radius 1 is 1.42 bits per heavy atom. The van der Waals surface area contributed by atoms with Crippen molar-refractivity contribution < 1.29 is 17.9 Å². The fourth-order valence-electron chi connectivity index (χ4n) is 2.76. The fourth-order valence-corrected chi connectivity index (χ4v) is 4.06. The highest BCUT2D eigenvalue weighted by Crippen LogP contribution is 2.30. The first-order valence-electron chi connectivity index (χ1n) is 7.84. The monoisotopic (exact) mass is 351 g/mol. The molecule has 24 heavy (non-hydrogen) atoms. The summed E-state index contributed by atoms with van der Waals surface area (Å²) >= 11 is 0. The molecule has 7 nitrogen and oxygen atoms in total. The van der Waals surface area contributed by atoms with E-state index in [1.165, 1.54) is 16.9 Å². The molecule has 8 heteroatoms. The summed E-state index contributed by atoms with van der Waals surface area (Å²) in [6, 6.07) is 7.20. The van der Waals surface area contributed by atoms with Gasteiger partial charge >= 0.3 is 0 Å². The molecular formula is C16H21N3O4S. The number of aryl methyl sites for hydroxylation is 1. The van der Waals surface area contributed by atoms with Gasteiger partial charge in [0.1, 0.15) is 11.5 Å². The average molecular weight is 351 g/mol. The van der Waals surface area contributed by atoms with Crippen LogP contribution in [0.25, 0.3) is 0 Å². The third-order valence-electron chi connectivity index (χ3n) is 4.07. The predicted molar refractivity (Wildman–Crippen MR) is 88.8 cm³/mol. The van der Waals surface area contributed by atoms with Gasteiger partial charge in [-0.2, -0.15) is 5.10 Å². The summed E-state index contributed by atoms with van der Waals surface area (Å²) < 4.78 is 39.9. The summed E-state index contributed by atoms with van der Waals surface area (Å²) in [6.45, 7) is 3.15. The molecule has 2 heterocycles. The Balaban J connectivity index is 1.65. The second-order valence-corrected chi connectivity index (χ2v) is 7.41. The minimum Gasteiger partial charge on any atom is -0.497 e. The second kappa shape index (κ2) is 6.82. The van der Waals surface area contributed by atoms with E-state index in [0.29, 0.717) is 19.7 Å². The summed E-state index contributed by atoms with van der Waals surface area (Å²) in [7, 11) is -1.96. The molecule has 0 radical (unpaired) electrons. The third-order valence-corrected chi connectivity index (χ3v) is 5.52. The van der Waals surface area contributed by atoms with E-state index in [0.717, 1.165) is 23.5 Å². The van der Waals surface area contributed by atoms with E-state index < -0.39 is 10.0 Å². The van der Waals surface area contributed by atoms with Gasteiger partial charge in [-0.3, -0.25) is 4.68 Å². The summed E-state index contributed by atoms with van der Waals surface area (Å²) in [5, 5.41) is 4.19. The van der Waals surface area contributed by atoms with Gasteiger partial charge in [0.25, 0.3) is 10.0 Å². The quantitative estimate of drug-likeness (QED) is 0.852. The van der Waals surface area contributed by atoms with Gasteiger partial charge in [0.15, 0.2) is 5.03 Å². The zero-order chi connectivity index (χ0) is 17.2. The Hall–Kier alpha value is -2.06. The van der Waals surface area contributed by atoms with Gasteiger partial charge in [-0.15, -0.1) is 0 Å². The van der Waals surface area contributed by atoms with Crippen LogP contribution in [0, 0.1) is 5.92 Å². The molecule has 1 aromatic carbocycles. The maximum Gasteiger partial charge on any atom is 0.257 e. The van der Waals surface area contributed by atoms with E-state index >= 15 is 0 Å². The van der Waals surface area contributed by atoms with Crippen molar-refractivity contribution in [1.82, 2.24) is 14.5 Å². The van der Waals surface area contributed by atoms with Gasteiger partial charge < -0.3 is 9.47 Å². The van der Waals surface area contributed by atoms with Crippen LogP contribution in [-0.4, -0.2) is 38.5 Å². The van der Waals surface area contributed by atoms with Crippen LogP contribution in [0.3, 0.4) is 0 Å². The Morgan fingerprint density at radius 3 is 3.00 bits per heavy atom. The van der Waals surface area contributed by atoms with E-state index in [1.54, 1.807) is 7.11 Å². The molecule has 130 valence electrons. The number of hydrogen-bond acceptors (Lipinski definition) is 5. The highest BCUT2D eigenvalue weighted by molar-refractivity contribution is 7.89. The first-order valence-corrected chi connectivity index (χ1v) is 9.33. The first kappa shape index (κ1) is 16.8. The van der Waals surface area contributed by atoms with Crippen LogP contribution in [-0.2, 0) is 23.0 Å². The van der Waals surface area contributed by atoms with Crippen molar-refractivity contribution >= 4 is 10.0 Å². The van der Waals surface area contributed by atoms with Gasteiger partial charge in [0, 0.05) is 25.1 Å². The topological polar surface area (TPSA) is 82.5 Å². The van der Waals surface area contributed by atoms with Crippen molar-refractivity contribution in [2.75, 3.05) is 20.3 Å². The predicted octanol–water partition coefficient (Wildman–Crippen LogP) is 1.44. The molecule has 0 bridgehead atoms. The van der Waals surface area contributed by atoms with Gasteiger partial charge in [0.05, 0.1) is 19.9 Å².